The lowest BCUT2D eigenvalue weighted by molar-refractivity contribution is 0.213. The lowest BCUT2D eigenvalue weighted by Crippen LogP contribution is -2.46. The van der Waals surface area contributed by atoms with E-state index in [-0.39, 0.29) is 17.0 Å². The molecule has 0 spiro atoms. The van der Waals surface area contributed by atoms with Gasteiger partial charge in [0.15, 0.2) is 0 Å². The van der Waals surface area contributed by atoms with Gasteiger partial charge in [-0.1, -0.05) is 6.07 Å². The highest BCUT2D eigenvalue weighted by atomic mass is 32.2. The molecule has 0 aromatic heterocycles. The number of nitrogens with zero attached hydrogens (tertiary/aromatic N) is 1. The van der Waals surface area contributed by atoms with Crippen LogP contribution in [0, 0.1) is 6.92 Å². The second-order valence-corrected chi connectivity index (χ2v) is 7.60. The second kappa shape index (κ2) is 7.29. The van der Waals surface area contributed by atoms with Gasteiger partial charge in [0.2, 0.25) is 10.0 Å². The van der Waals surface area contributed by atoms with Crippen LogP contribution in [0.4, 0.5) is 4.79 Å². The number of piperidine rings is 1. The fourth-order valence-corrected chi connectivity index (χ4v) is 3.21. The number of nitrogens with two attached hydrogens (primary N) is 1. The number of likely N-dealkylation sites (tertiary alicyclic amines) is 1. The van der Waals surface area contributed by atoms with Gasteiger partial charge < -0.3 is 15.5 Å². The highest BCUT2D eigenvalue weighted by molar-refractivity contribution is 7.89. The van der Waals surface area contributed by atoms with Crippen LogP contribution in [0.25, 0.3) is 0 Å². The van der Waals surface area contributed by atoms with Crippen LogP contribution in [0.2, 0.25) is 0 Å². The lowest BCUT2D eigenvalue weighted by atomic mass is 10.1. The van der Waals surface area contributed by atoms with Gasteiger partial charge >= 0.3 is 6.03 Å². The third kappa shape index (κ3) is 5.19. The lowest BCUT2D eigenvalue weighted by Gasteiger charge is -2.29. The van der Waals surface area contributed by atoms with E-state index in [9.17, 15) is 13.2 Å². The van der Waals surface area contributed by atoms with Crippen molar-refractivity contribution < 1.29 is 13.2 Å². The summed E-state index contributed by atoms with van der Waals surface area (Å²) < 4.78 is 22.6. The summed E-state index contributed by atoms with van der Waals surface area (Å²) in [6.07, 6.45) is 1.90. The summed E-state index contributed by atoms with van der Waals surface area (Å²) in [7, 11) is -1.63. The van der Waals surface area contributed by atoms with Gasteiger partial charge in [0, 0.05) is 12.6 Å². The molecule has 1 aromatic carbocycles. The summed E-state index contributed by atoms with van der Waals surface area (Å²) in [6.45, 7) is 4.11. The second-order valence-electron chi connectivity index (χ2n) is 6.04. The van der Waals surface area contributed by atoms with Crippen molar-refractivity contribution in [3.05, 3.63) is 29.3 Å². The number of sulfonamides is 1. The zero-order valence-corrected chi connectivity index (χ0v) is 14.3. The van der Waals surface area contributed by atoms with Crippen molar-refractivity contribution in [2.75, 3.05) is 20.1 Å². The number of amides is 2. The Hall–Kier alpha value is -1.64. The first kappa shape index (κ1) is 17.7. The molecule has 0 bridgehead atoms. The Morgan fingerprint density at radius 1 is 1.35 bits per heavy atom. The summed E-state index contributed by atoms with van der Waals surface area (Å²) in [4.78, 5) is 14.3. The Balaban J connectivity index is 1.87. The predicted octanol–water partition coefficient (Wildman–Crippen LogP) is 0.536. The first-order chi connectivity index (χ1) is 10.8. The summed E-state index contributed by atoms with van der Waals surface area (Å²) in [5, 5.41) is 10.9. The third-order valence-electron chi connectivity index (χ3n) is 4.14. The van der Waals surface area contributed by atoms with E-state index in [0.717, 1.165) is 37.1 Å². The maximum Gasteiger partial charge on any atom is 0.315 e. The molecule has 0 unspecified atom stereocenters. The zero-order chi connectivity index (χ0) is 17.0. The van der Waals surface area contributed by atoms with Gasteiger partial charge in [-0.2, -0.15) is 0 Å². The van der Waals surface area contributed by atoms with Crippen molar-refractivity contribution in [1.29, 1.82) is 0 Å². The molecular formula is C15H24N4O3S. The molecule has 2 rings (SSSR count). The zero-order valence-electron chi connectivity index (χ0n) is 13.5. The molecule has 1 heterocycles. The molecule has 0 radical (unpaired) electrons. The summed E-state index contributed by atoms with van der Waals surface area (Å²) >= 11 is 0. The van der Waals surface area contributed by atoms with Crippen molar-refractivity contribution >= 4 is 16.1 Å². The van der Waals surface area contributed by atoms with Gasteiger partial charge in [0.1, 0.15) is 0 Å². The van der Waals surface area contributed by atoms with E-state index in [1.165, 1.54) is 12.1 Å². The molecule has 0 saturated carbocycles. The standard InChI is InChI=1S/C15H24N4O3S/c1-11-9-14(23(16,21)22)4-3-12(11)10-17-15(20)18-13-5-7-19(2)8-6-13/h3-4,9,13H,5-8,10H2,1-2H3,(H2,16,21,22)(H2,17,18,20). The molecule has 1 fully saturated rings. The SMILES string of the molecule is Cc1cc(S(N)(=O)=O)ccc1CNC(=O)NC1CCN(C)CC1. The largest absolute Gasteiger partial charge is 0.335 e. The number of carbonyl (C=O) groups excluding carboxylic acids is 1. The van der Waals surface area contributed by atoms with Gasteiger partial charge in [-0.05, 0) is 63.2 Å². The van der Waals surface area contributed by atoms with Gasteiger partial charge in [0.05, 0.1) is 4.90 Å². The van der Waals surface area contributed by atoms with E-state index >= 15 is 0 Å². The van der Waals surface area contributed by atoms with Crippen molar-refractivity contribution in [3.63, 3.8) is 0 Å². The average Bonchev–Trinajstić information content (AvgIpc) is 2.47. The number of carbonyl (C=O) groups is 1. The molecular weight excluding hydrogens is 316 g/mol. The molecule has 23 heavy (non-hydrogen) atoms. The van der Waals surface area contributed by atoms with E-state index in [4.69, 9.17) is 5.14 Å². The third-order valence-corrected chi connectivity index (χ3v) is 5.05. The fraction of sp³-hybridized carbons (Fsp3) is 0.533. The molecule has 7 nitrogen and oxygen atoms in total. The fourth-order valence-electron chi connectivity index (χ4n) is 2.61. The Bertz CT molecular complexity index is 667. The monoisotopic (exact) mass is 340 g/mol. The Morgan fingerprint density at radius 2 is 2.00 bits per heavy atom. The molecule has 0 aliphatic carbocycles. The molecule has 1 aliphatic heterocycles. The minimum Gasteiger partial charge on any atom is -0.335 e. The highest BCUT2D eigenvalue weighted by Crippen LogP contribution is 2.14. The van der Waals surface area contributed by atoms with E-state index in [2.05, 4.69) is 22.6 Å². The molecule has 2 amide bonds. The minimum absolute atomic E-state index is 0.0783. The predicted molar refractivity (Wildman–Crippen MR) is 88.4 cm³/mol. The first-order valence-electron chi connectivity index (χ1n) is 7.61. The van der Waals surface area contributed by atoms with E-state index < -0.39 is 10.0 Å². The Labute approximate surface area is 137 Å². The Kier molecular flexibility index (Phi) is 5.61. The quantitative estimate of drug-likeness (QED) is 0.744. The summed E-state index contributed by atoms with van der Waals surface area (Å²) in [5.41, 5.74) is 1.63. The number of benzene rings is 1. The van der Waals surface area contributed by atoms with Crippen molar-refractivity contribution in [2.24, 2.45) is 5.14 Å². The number of rotatable bonds is 4. The summed E-state index contributed by atoms with van der Waals surface area (Å²) in [5.74, 6) is 0. The van der Waals surface area contributed by atoms with Crippen LogP contribution in [0.5, 0.6) is 0 Å². The van der Waals surface area contributed by atoms with E-state index in [1.807, 2.05) is 0 Å². The van der Waals surface area contributed by atoms with Gasteiger partial charge in [-0.15, -0.1) is 0 Å². The highest BCUT2D eigenvalue weighted by Gasteiger charge is 2.18. The first-order valence-corrected chi connectivity index (χ1v) is 9.15. The maximum absolute atomic E-state index is 12.0. The topological polar surface area (TPSA) is 105 Å². The summed E-state index contributed by atoms with van der Waals surface area (Å²) in [6, 6.07) is 4.65. The van der Waals surface area contributed by atoms with E-state index in [1.54, 1.807) is 13.0 Å². The minimum atomic E-state index is -3.70. The van der Waals surface area contributed by atoms with Gasteiger partial charge in [-0.25, -0.2) is 18.4 Å². The number of urea groups is 1. The van der Waals surface area contributed by atoms with Gasteiger partial charge in [0.25, 0.3) is 0 Å². The van der Waals surface area contributed by atoms with Crippen molar-refractivity contribution in [2.45, 2.75) is 37.2 Å². The maximum atomic E-state index is 12.0. The molecule has 0 atom stereocenters. The molecule has 4 N–H and O–H groups in total. The normalized spacial score (nSPS) is 17.0. The van der Waals surface area contributed by atoms with Crippen molar-refractivity contribution in [1.82, 2.24) is 15.5 Å². The van der Waals surface area contributed by atoms with Gasteiger partial charge in [-0.3, -0.25) is 0 Å². The number of aryl methyl sites for hydroxylation is 1. The smallest absolute Gasteiger partial charge is 0.315 e. The number of hydrogen-bond acceptors (Lipinski definition) is 4. The average molecular weight is 340 g/mol. The van der Waals surface area contributed by atoms with Crippen LogP contribution in [-0.2, 0) is 16.6 Å². The van der Waals surface area contributed by atoms with Crippen LogP contribution in [-0.4, -0.2) is 45.5 Å². The van der Waals surface area contributed by atoms with Crippen LogP contribution in [0.15, 0.2) is 23.1 Å². The van der Waals surface area contributed by atoms with Crippen LogP contribution in [0.1, 0.15) is 24.0 Å². The molecule has 1 saturated heterocycles. The number of primary sulfonamides is 1. The number of nitrogens with one attached hydrogen (secondary N) is 2. The Morgan fingerprint density at radius 3 is 2.57 bits per heavy atom. The molecule has 1 aliphatic rings. The molecule has 128 valence electrons. The van der Waals surface area contributed by atoms with Crippen LogP contribution >= 0.6 is 0 Å². The van der Waals surface area contributed by atoms with Crippen LogP contribution in [0.3, 0.4) is 0 Å². The molecule has 1 aromatic rings. The van der Waals surface area contributed by atoms with Crippen molar-refractivity contribution in [3.8, 4) is 0 Å². The van der Waals surface area contributed by atoms with Crippen LogP contribution < -0.4 is 15.8 Å². The molecule has 8 heteroatoms. The number of hydrogen-bond donors (Lipinski definition) is 3. The van der Waals surface area contributed by atoms with E-state index in [0.29, 0.717) is 6.54 Å².